The van der Waals surface area contributed by atoms with Crippen LogP contribution in [-0.2, 0) is 13.1 Å². The summed E-state index contributed by atoms with van der Waals surface area (Å²) in [5.74, 6) is 0.800. The van der Waals surface area contributed by atoms with Crippen molar-refractivity contribution >= 4 is 29.2 Å². The van der Waals surface area contributed by atoms with Gasteiger partial charge in [-0.05, 0) is 52.6 Å². The van der Waals surface area contributed by atoms with Gasteiger partial charge in [-0.25, -0.2) is 9.78 Å². The van der Waals surface area contributed by atoms with E-state index in [0.29, 0.717) is 29.7 Å². The van der Waals surface area contributed by atoms with E-state index < -0.39 is 0 Å². The Morgan fingerprint density at radius 3 is 2.54 bits per heavy atom. The number of nitrogens with one attached hydrogen (secondary N) is 1. The summed E-state index contributed by atoms with van der Waals surface area (Å²) in [4.78, 5) is 21.1. The molecule has 0 spiro atoms. The summed E-state index contributed by atoms with van der Waals surface area (Å²) < 4.78 is 2.00. The van der Waals surface area contributed by atoms with Gasteiger partial charge in [0.05, 0.1) is 13.1 Å². The lowest BCUT2D eigenvalue weighted by Gasteiger charge is -2.29. The van der Waals surface area contributed by atoms with Crippen LogP contribution in [0.25, 0.3) is 0 Å². The maximum Gasteiger partial charge on any atom is 0.318 e. The molecule has 1 aromatic heterocycles. The molecular weight excluding hydrogens is 397 g/mol. The topological polar surface area (TPSA) is 53.4 Å². The SMILES string of the molecule is CN(C)CCN(Cc1nccn1Cc1ccc(Cl)cc1Cl)C(=O)NC(C)(C)C. The molecule has 0 atom stereocenters. The quantitative estimate of drug-likeness (QED) is 0.725. The molecule has 0 aliphatic heterocycles. The fourth-order valence-electron chi connectivity index (χ4n) is 2.61. The van der Waals surface area contributed by atoms with Gasteiger partial charge in [0.25, 0.3) is 0 Å². The van der Waals surface area contributed by atoms with Crippen molar-refractivity contribution in [3.8, 4) is 0 Å². The van der Waals surface area contributed by atoms with Gasteiger partial charge in [-0.3, -0.25) is 0 Å². The van der Waals surface area contributed by atoms with Crippen LogP contribution in [0.2, 0.25) is 10.0 Å². The molecule has 0 saturated heterocycles. The molecule has 8 heteroatoms. The summed E-state index contributed by atoms with van der Waals surface area (Å²) in [7, 11) is 3.98. The molecule has 0 unspecified atom stereocenters. The van der Waals surface area contributed by atoms with Crippen LogP contribution in [0.4, 0.5) is 4.79 Å². The van der Waals surface area contributed by atoms with Gasteiger partial charge in [-0.15, -0.1) is 0 Å². The molecule has 6 nitrogen and oxygen atoms in total. The van der Waals surface area contributed by atoms with Crippen molar-refractivity contribution in [2.24, 2.45) is 0 Å². The van der Waals surface area contributed by atoms with Crippen molar-refractivity contribution in [1.82, 2.24) is 24.7 Å². The van der Waals surface area contributed by atoms with E-state index in [4.69, 9.17) is 23.2 Å². The van der Waals surface area contributed by atoms with E-state index in [1.807, 2.05) is 57.8 Å². The number of imidazole rings is 1. The molecular formula is C20H29Cl2N5O. The monoisotopic (exact) mass is 425 g/mol. The van der Waals surface area contributed by atoms with E-state index in [9.17, 15) is 4.79 Å². The highest BCUT2D eigenvalue weighted by molar-refractivity contribution is 6.35. The minimum Gasteiger partial charge on any atom is -0.333 e. The number of nitrogens with zero attached hydrogens (tertiary/aromatic N) is 4. The molecule has 0 saturated carbocycles. The first-order valence-electron chi connectivity index (χ1n) is 9.21. The van der Waals surface area contributed by atoms with Crippen LogP contribution >= 0.6 is 23.2 Å². The number of urea groups is 1. The first-order chi connectivity index (χ1) is 13.0. The summed E-state index contributed by atoms with van der Waals surface area (Å²) in [6.07, 6.45) is 3.64. The van der Waals surface area contributed by atoms with Crippen molar-refractivity contribution in [3.05, 3.63) is 52.0 Å². The third-order valence-electron chi connectivity index (χ3n) is 4.08. The maximum atomic E-state index is 12.8. The number of benzene rings is 1. The number of rotatable bonds is 7. The van der Waals surface area contributed by atoms with Gasteiger partial charge in [0.15, 0.2) is 0 Å². The third-order valence-corrected chi connectivity index (χ3v) is 4.66. The highest BCUT2D eigenvalue weighted by atomic mass is 35.5. The standard InChI is InChI=1S/C20H29Cl2N5O/c1-20(2,3)24-19(28)27(11-10-25(4)5)14-18-23-8-9-26(18)13-15-6-7-16(21)12-17(15)22/h6-9,12H,10-11,13-14H2,1-5H3,(H,24,28). The lowest BCUT2D eigenvalue weighted by atomic mass is 10.1. The van der Waals surface area contributed by atoms with E-state index in [2.05, 4.69) is 15.2 Å². The van der Waals surface area contributed by atoms with Crippen molar-refractivity contribution in [3.63, 3.8) is 0 Å². The second kappa shape index (κ2) is 9.63. The number of aromatic nitrogens is 2. The second-order valence-electron chi connectivity index (χ2n) is 8.11. The van der Waals surface area contributed by atoms with E-state index in [1.54, 1.807) is 17.2 Å². The molecule has 2 amide bonds. The van der Waals surface area contributed by atoms with Crippen molar-refractivity contribution in [1.29, 1.82) is 0 Å². The van der Waals surface area contributed by atoms with Gasteiger partial charge in [0.2, 0.25) is 0 Å². The molecule has 0 aliphatic rings. The molecule has 28 heavy (non-hydrogen) atoms. The highest BCUT2D eigenvalue weighted by Gasteiger charge is 2.21. The predicted molar refractivity (Wildman–Crippen MR) is 115 cm³/mol. The van der Waals surface area contributed by atoms with Gasteiger partial charge in [-0.2, -0.15) is 0 Å². The first-order valence-corrected chi connectivity index (χ1v) is 9.96. The third kappa shape index (κ3) is 7.00. The minimum atomic E-state index is -0.306. The van der Waals surface area contributed by atoms with E-state index in [0.717, 1.165) is 17.9 Å². The molecule has 0 fully saturated rings. The Labute approximate surface area is 177 Å². The molecule has 2 rings (SSSR count). The number of amides is 2. The van der Waals surface area contributed by atoms with Crippen LogP contribution in [0.1, 0.15) is 32.2 Å². The number of hydrogen-bond acceptors (Lipinski definition) is 3. The summed E-state index contributed by atoms with van der Waals surface area (Å²) in [6.45, 7) is 8.25. The Morgan fingerprint density at radius 1 is 1.21 bits per heavy atom. The van der Waals surface area contributed by atoms with E-state index in [-0.39, 0.29) is 11.6 Å². The minimum absolute atomic E-state index is 0.103. The summed E-state index contributed by atoms with van der Waals surface area (Å²) in [5.41, 5.74) is 0.643. The first kappa shape index (κ1) is 22.5. The van der Waals surface area contributed by atoms with Crippen molar-refractivity contribution < 1.29 is 4.79 Å². The lowest BCUT2D eigenvalue weighted by Crippen LogP contribution is -2.49. The number of hydrogen-bond donors (Lipinski definition) is 1. The van der Waals surface area contributed by atoms with Crippen LogP contribution in [-0.4, -0.2) is 58.1 Å². The van der Waals surface area contributed by atoms with Gasteiger partial charge >= 0.3 is 6.03 Å². The smallest absolute Gasteiger partial charge is 0.318 e. The predicted octanol–water partition coefficient (Wildman–Crippen LogP) is 4.11. The van der Waals surface area contributed by atoms with Gasteiger partial charge in [-0.1, -0.05) is 29.3 Å². The molecule has 0 aliphatic carbocycles. The second-order valence-corrected chi connectivity index (χ2v) is 8.96. The zero-order valence-corrected chi connectivity index (χ0v) is 18.7. The summed E-state index contributed by atoms with van der Waals surface area (Å²) in [6, 6.07) is 5.35. The summed E-state index contributed by atoms with van der Waals surface area (Å²) in [5, 5.41) is 4.25. The Kier molecular flexibility index (Phi) is 7.75. The molecule has 2 aromatic rings. The Balaban J connectivity index is 2.17. The van der Waals surface area contributed by atoms with Crippen molar-refractivity contribution in [2.45, 2.75) is 39.4 Å². The van der Waals surface area contributed by atoms with Crippen LogP contribution in [0.5, 0.6) is 0 Å². The van der Waals surface area contributed by atoms with Crippen LogP contribution < -0.4 is 5.32 Å². The number of halogens is 2. The number of carbonyl (C=O) groups is 1. The largest absolute Gasteiger partial charge is 0.333 e. The van der Waals surface area contributed by atoms with E-state index in [1.165, 1.54) is 0 Å². The lowest BCUT2D eigenvalue weighted by molar-refractivity contribution is 0.178. The molecule has 154 valence electrons. The fraction of sp³-hybridized carbons (Fsp3) is 0.500. The maximum absolute atomic E-state index is 12.8. The van der Waals surface area contributed by atoms with Crippen LogP contribution in [0.3, 0.4) is 0 Å². The van der Waals surface area contributed by atoms with Crippen molar-refractivity contribution in [2.75, 3.05) is 27.2 Å². The van der Waals surface area contributed by atoms with Gasteiger partial charge < -0.3 is 19.7 Å². The molecule has 1 aromatic carbocycles. The fourth-order valence-corrected chi connectivity index (χ4v) is 3.08. The Bertz CT molecular complexity index is 798. The average Bonchev–Trinajstić information content (AvgIpc) is 2.99. The van der Waals surface area contributed by atoms with Gasteiger partial charge in [0.1, 0.15) is 5.82 Å². The molecule has 0 radical (unpaired) electrons. The normalized spacial score (nSPS) is 11.7. The van der Waals surface area contributed by atoms with Crippen LogP contribution in [0.15, 0.2) is 30.6 Å². The van der Waals surface area contributed by atoms with Crippen LogP contribution in [0, 0.1) is 0 Å². The molecule has 0 bridgehead atoms. The Hall–Kier alpha value is -1.76. The number of carbonyl (C=O) groups excluding carboxylic acids is 1. The molecule has 1 heterocycles. The Morgan fingerprint density at radius 2 is 1.93 bits per heavy atom. The zero-order chi connectivity index (χ0) is 20.9. The molecule has 1 N–H and O–H groups in total. The van der Waals surface area contributed by atoms with Gasteiger partial charge in [0, 0.05) is 41.1 Å². The zero-order valence-electron chi connectivity index (χ0n) is 17.2. The highest BCUT2D eigenvalue weighted by Crippen LogP contribution is 2.22. The number of likely N-dealkylation sites (N-methyl/N-ethyl adjacent to an activating group) is 1. The average molecular weight is 426 g/mol. The summed E-state index contributed by atoms with van der Waals surface area (Å²) >= 11 is 12.3. The van der Waals surface area contributed by atoms with E-state index >= 15 is 0 Å².